The molecule has 20 heavy (non-hydrogen) atoms. The first-order valence-corrected chi connectivity index (χ1v) is 7.17. The van der Waals surface area contributed by atoms with Gasteiger partial charge < -0.3 is 4.57 Å². The summed E-state index contributed by atoms with van der Waals surface area (Å²) < 4.78 is 2.52. The molecule has 0 bridgehead atoms. The molecule has 0 spiro atoms. The van der Waals surface area contributed by atoms with Gasteiger partial charge in [-0.2, -0.15) is 0 Å². The molecule has 1 amide bonds. The van der Waals surface area contributed by atoms with E-state index in [1.165, 1.54) is 16.7 Å². The molecule has 0 saturated carbocycles. The van der Waals surface area contributed by atoms with Crippen molar-refractivity contribution in [2.24, 2.45) is 0 Å². The van der Waals surface area contributed by atoms with E-state index in [1.54, 1.807) is 19.6 Å². The van der Waals surface area contributed by atoms with Crippen LogP contribution in [0.3, 0.4) is 0 Å². The van der Waals surface area contributed by atoms with Crippen molar-refractivity contribution in [3.05, 3.63) is 53.5 Å². The molecule has 0 aliphatic carbocycles. The maximum absolute atomic E-state index is 11.9. The third-order valence-corrected chi connectivity index (χ3v) is 4.46. The molecular weight excluding hydrogens is 290 g/mol. The summed E-state index contributed by atoms with van der Waals surface area (Å²) in [6, 6.07) is 7.91. The molecule has 1 aromatic carbocycles. The smallest absolute Gasteiger partial charge is 0.265 e. The molecule has 2 heterocycles. The highest BCUT2D eigenvalue weighted by atomic mass is 32.2. The number of likely N-dealkylation sites (N-methyl/N-ethyl adjacent to an activating group) is 1. The van der Waals surface area contributed by atoms with Crippen molar-refractivity contribution in [1.82, 2.24) is 14.5 Å². The number of amides is 1. The number of hydrogen-bond acceptors (Lipinski definition) is 4. The lowest BCUT2D eigenvalue weighted by atomic mass is 10.2. The van der Waals surface area contributed by atoms with Gasteiger partial charge in [0.25, 0.3) is 5.91 Å². The molecule has 2 aromatic rings. The summed E-state index contributed by atoms with van der Waals surface area (Å²) in [5, 5.41) is 0. The number of nitrogens with zero attached hydrogens (tertiary/aromatic N) is 3. The van der Waals surface area contributed by atoms with Crippen molar-refractivity contribution >= 4 is 40.3 Å². The number of thioether (sulfide) groups is 1. The Morgan fingerprint density at radius 1 is 1.30 bits per heavy atom. The van der Waals surface area contributed by atoms with Crippen molar-refractivity contribution in [2.75, 3.05) is 7.05 Å². The van der Waals surface area contributed by atoms with Crippen molar-refractivity contribution in [3.63, 3.8) is 0 Å². The molecule has 1 aliphatic heterocycles. The summed E-state index contributed by atoms with van der Waals surface area (Å²) in [4.78, 5) is 18.1. The molecular formula is C14H11N3OS2. The lowest BCUT2D eigenvalue weighted by Gasteiger charge is -2.04. The molecule has 0 unspecified atom stereocenters. The molecule has 0 radical (unpaired) electrons. The average Bonchev–Trinajstić information content (AvgIpc) is 3.06. The van der Waals surface area contributed by atoms with Gasteiger partial charge in [-0.3, -0.25) is 9.69 Å². The van der Waals surface area contributed by atoms with Crippen molar-refractivity contribution in [3.8, 4) is 5.69 Å². The first kappa shape index (κ1) is 13.1. The van der Waals surface area contributed by atoms with Gasteiger partial charge in [0.1, 0.15) is 4.32 Å². The fourth-order valence-electron chi connectivity index (χ4n) is 1.85. The lowest BCUT2D eigenvalue weighted by molar-refractivity contribution is -0.121. The highest BCUT2D eigenvalue weighted by molar-refractivity contribution is 8.26. The molecule has 100 valence electrons. The van der Waals surface area contributed by atoms with Gasteiger partial charge in [-0.05, 0) is 23.8 Å². The van der Waals surface area contributed by atoms with Gasteiger partial charge in [0.05, 0.1) is 11.2 Å². The van der Waals surface area contributed by atoms with E-state index in [0.29, 0.717) is 9.23 Å². The first-order valence-electron chi connectivity index (χ1n) is 5.95. The van der Waals surface area contributed by atoms with Crippen LogP contribution in [0.1, 0.15) is 5.56 Å². The minimum Gasteiger partial charge on any atom is -0.306 e. The highest BCUT2D eigenvalue weighted by Crippen LogP contribution is 2.31. The van der Waals surface area contributed by atoms with Crippen LogP contribution < -0.4 is 0 Å². The monoisotopic (exact) mass is 301 g/mol. The SMILES string of the molecule is CN1C(=O)C(=Cc2ccc(-n3ccnc3)cc2)SC1=S. The summed E-state index contributed by atoms with van der Waals surface area (Å²) in [5.41, 5.74) is 2.01. The zero-order valence-electron chi connectivity index (χ0n) is 10.7. The second-order valence-electron chi connectivity index (χ2n) is 4.30. The number of carbonyl (C=O) groups excluding carboxylic acids is 1. The fraction of sp³-hybridized carbons (Fsp3) is 0.0714. The Bertz CT molecular complexity index is 690. The van der Waals surface area contributed by atoms with Crippen LogP contribution in [0, 0.1) is 0 Å². The summed E-state index contributed by atoms with van der Waals surface area (Å²) in [6.07, 6.45) is 7.23. The second-order valence-corrected chi connectivity index (χ2v) is 5.98. The third-order valence-electron chi connectivity index (χ3n) is 2.98. The molecule has 1 fully saturated rings. The Kier molecular flexibility index (Phi) is 3.42. The topological polar surface area (TPSA) is 38.1 Å². The highest BCUT2D eigenvalue weighted by Gasteiger charge is 2.28. The molecule has 0 atom stereocenters. The van der Waals surface area contributed by atoms with Crippen LogP contribution in [0.4, 0.5) is 0 Å². The van der Waals surface area contributed by atoms with Crippen LogP contribution in [0.5, 0.6) is 0 Å². The van der Waals surface area contributed by atoms with Gasteiger partial charge >= 0.3 is 0 Å². The quantitative estimate of drug-likeness (QED) is 0.631. The number of hydrogen-bond donors (Lipinski definition) is 0. The molecule has 1 aliphatic rings. The standard InChI is InChI=1S/C14H11N3OS2/c1-16-13(18)12(20-14(16)19)8-10-2-4-11(5-3-10)17-7-6-15-9-17/h2-9H,1H3. The Labute approximate surface area is 126 Å². The fourth-order valence-corrected chi connectivity index (χ4v) is 3.03. The Morgan fingerprint density at radius 2 is 2.05 bits per heavy atom. The van der Waals surface area contributed by atoms with E-state index in [0.717, 1.165) is 11.3 Å². The van der Waals surface area contributed by atoms with Crippen molar-refractivity contribution in [1.29, 1.82) is 0 Å². The number of rotatable bonds is 2. The summed E-state index contributed by atoms with van der Waals surface area (Å²) >= 11 is 6.44. The molecule has 4 nitrogen and oxygen atoms in total. The summed E-state index contributed by atoms with van der Waals surface area (Å²) in [7, 11) is 1.70. The van der Waals surface area contributed by atoms with Crippen LogP contribution in [-0.4, -0.2) is 31.7 Å². The van der Waals surface area contributed by atoms with E-state index in [1.807, 2.05) is 41.1 Å². The molecule has 0 N–H and O–H groups in total. The minimum atomic E-state index is -0.0429. The predicted molar refractivity (Wildman–Crippen MR) is 84.5 cm³/mol. The van der Waals surface area contributed by atoms with E-state index in [2.05, 4.69) is 4.98 Å². The van der Waals surface area contributed by atoms with E-state index in [9.17, 15) is 4.79 Å². The Morgan fingerprint density at radius 3 is 2.60 bits per heavy atom. The maximum Gasteiger partial charge on any atom is 0.265 e. The zero-order valence-corrected chi connectivity index (χ0v) is 12.3. The second kappa shape index (κ2) is 5.22. The van der Waals surface area contributed by atoms with Gasteiger partial charge in [-0.15, -0.1) is 0 Å². The molecule has 3 rings (SSSR count). The van der Waals surface area contributed by atoms with Crippen LogP contribution in [0.15, 0.2) is 47.9 Å². The van der Waals surface area contributed by atoms with E-state index in [-0.39, 0.29) is 5.91 Å². The first-order chi connectivity index (χ1) is 9.65. The number of imidazole rings is 1. The average molecular weight is 301 g/mol. The summed E-state index contributed by atoms with van der Waals surface area (Å²) in [6.45, 7) is 0. The van der Waals surface area contributed by atoms with Crippen LogP contribution in [0.2, 0.25) is 0 Å². The van der Waals surface area contributed by atoms with Crippen LogP contribution in [-0.2, 0) is 4.79 Å². The largest absolute Gasteiger partial charge is 0.306 e. The Balaban J connectivity index is 1.86. The number of thiocarbonyl (C=S) groups is 1. The van der Waals surface area contributed by atoms with Gasteiger partial charge in [-0.1, -0.05) is 36.1 Å². The van der Waals surface area contributed by atoms with Gasteiger partial charge in [0.2, 0.25) is 0 Å². The zero-order chi connectivity index (χ0) is 14.1. The van der Waals surface area contributed by atoms with Crippen LogP contribution in [0.25, 0.3) is 11.8 Å². The predicted octanol–water partition coefficient (Wildman–Crippen LogP) is 2.70. The van der Waals surface area contributed by atoms with E-state index in [4.69, 9.17) is 12.2 Å². The molecule has 6 heteroatoms. The van der Waals surface area contributed by atoms with E-state index >= 15 is 0 Å². The molecule has 1 saturated heterocycles. The van der Waals surface area contributed by atoms with Gasteiger partial charge in [0.15, 0.2) is 0 Å². The Hall–Kier alpha value is -1.92. The summed E-state index contributed by atoms with van der Waals surface area (Å²) in [5.74, 6) is -0.0429. The van der Waals surface area contributed by atoms with E-state index < -0.39 is 0 Å². The minimum absolute atomic E-state index is 0.0429. The lowest BCUT2D eigenvalue weighted by Crippen LogP contribution is -2.22. The number of carbonyl (C=O) groups is 1. The van der Waals surface area contributed by atoms with Crippen LogP contribution >= 0.6 is 24.0 Å². The van der Waals surface area contributed by atoms with Gasteiger partial charge in [0, 0.05) is 25.1 Å². The normalized spacial score (nSPS) is 17.2. The third kappa shape index (κ3) is 2.39. The molecule has 1 aromatic heterocycles. The number of aromatic nitrogens is 2. The number of benzene rings is 1. The maximum atomic E-state index is 11.9. The van der Waals surface area contributed by atoms with Crippen molar-refractivity contribution < 1.29 is 4.79 Å². The van der Waals surface area contributed by atoms with Crippen molar-refractivity contribution in [2.45, 2.75) is 0 Å². The van der Waals surface area contributed by atoms with Gasteiger partial charge in [-0.25, -0.2) is 4.98 Å².